The lowest BCUT2D eigenvalue weighted by Gasteiger charge is -2.08. The van der Waals surface area contributed by atoms with E-state index >= 15 is 0 Å². The zero-order valence-electron chi connectivity index (χ0n) is 11.9. The minimum atomic E-state index is 0.448. The van der Waals surface area contributed by atoms with E-state index in [1.807, 2.05) is 30.3 Å². The average Bonchev–Trinajstić information content (AvgIpc) is 3.35. The standard InChI is InChI=1S/C16H19N3O2/c1-2-4-15(5-3-1)20-8-9-21-16-12-17-10-14(19-16)11-18-13-6-7-13/h1-5,10,12-13,18H,6-9,11H2. The molecule has 1 aromatic carbocycles. The molecule has 0 bridgehead atoms. The Morgan fingerprint density at radius 1 is 1.05 bits per heavy atom. The minimum absolute atomic E-state index is 0.448. The van der Waals surface area contributed by atoms with E-state index in [0.29, 0.717) is 25.1 Å². The molecule has 0 spiro atoms. The zero-order valence-corrected chi connectivity index (χ0v) is 11.9. The number of nitrogens with one attached hydrogen (secondary N) is 1. The van der Waals surface area contributed by atoms with Crippen LogP contribution in [0.15, 0.2) is 42.7 Å². The number of ether oxygens (including phenoxy) is 2. The largest absolute Gasteiger partial charge is 0.490 e. The highest BCUT2D eigenvalue weighted by molar-refractivity contribution is 5.20. The maximum atomic E-state index is 5.56. The molecule has 1 aliphatic rings. The summed E-state index contributed by atoms with van der Waals surface area (Å²) < 4.78 is 11.1. The summed E-state index contributed by atoms with van der Waals surface area (Å²) in [6.07, 6.45) is 5.92. The molecule has 21 heavy (non-hydrogen) atoms. The highest BCUT2D eigenvalue weighted by atomic mass is 16.5. The second-order valence-corrected chi connectivity index (χ2v) is 5.01. The van der Waals surface area contributed by atoms with Crippen LogP contribution in [0.25, 0.3) is 0 Å². The fourth-order valence-electron chi connectivity index (χ4n) is 1.90. The molecule has 1 aliphatic carbocycles. The third-order valence-corrected chi connectivity index (χ3v) is 3.16. The Morgan fingerprint density at radius 3 is 2.67 bits per heavy atom. The monoisotopic (exact) mass is 285 g/mol. The Labute approximate surface area is 124 Å². The average molecular weight is 285 g/mol. The van der Waals surface area contributed by atoms with Crippen LogP contribution >= 0.6 is 0 Å². The molecule has 110 valence electrons. The maximum Gasteiger partial charge on any atom is 0.232 e. The van der Waals surface area contributed by atoms with Gasteiger partial charge in [-0.3, -0.25) is 4.98 Å². The van der Waals surface area contributed by atoms with Gasteiger partial charge in [0, 0.05) is 18.8 Å². The zero-order chi connectivity index (χ0) is 14.3. The van der Waals surface area contributed by atoms with Gasteiger partial charge < -0.3 is 14.8 Å². The van der Waals surface area contributed by atoms with Crippen molar-refractivity contribution in [2.75, 3.05) is 13.2 Å². The number of benzene rings is 1. The van der Waals surface area contributed by atoms with Gasteiger partial charge in [-0.1, -0.05) is 18.2 Å². The van der Waals surface area contributed by atoms with E-state index in [0.717, 1.165) is 18.0 Å². The molecule has 5 nitrogen and oxygen atoms in total. The summed E-state index contributed by atoms with van der Waals surface area (Å²) in [6.45, 7) is 1.68. The Morgan fingerprint density at radius 2 is 1.86 bits per heavy atom. The lowest BCUT2D eigenvalue weighted by atomic mass is 10.3. The van der Waals surface area contributed by atoms with E-state index in [2.05, 4.69) is 15.3 Å². The molecule has 0 saturated heterocycles. The van der Waals surface area contributed by atoms with Crippen molar-refractivity contribution in [2.24, 2.45) is 0 Å². The van der Waals surface area contributed by atoms with Gasteiger partial charge in [0.2, 0.25) is 5.88 Å². The van der Waals surface area contributed by atoms with Crippen LogP contribution in [0.3, 0.4) is 0 Å². The van der Waals surface area contributed by atoms with Crippen LogP contribution in [-0.2, 0) is 6.54 Å². The summed E-state index contributed by atoms with van der Waals surface area (Å²) >= 11 is 0. The van der Waals surface area contributed by atoms with Crippen LogP contribution < -0.4 is 14.8 Å². The SMILES string of the molecule is c1ccc(OCCOc2cncc(CNC3CC3)n2)cc1. The fraction of sp³-hybridized carbons (Fsp3) is 0.375. The van der Waals surface area contributed by atoms with Crippen molar-refractivity contribution in [1.82, 2.24) is 15.3 Å². The van der Waals surface area contributed by atoms with Crippen LogP contribution in [-0.4, -0.2) is 29.2 Å². The highest BCUT2D eigenvalue weighted by Crippen LogP contribution is 2.19. The summed E-state index contributed by atoms with van der Waals surface area (Å²) in [6, 6.07) is 10.3. The van der Waals surface area contributed by atoms with Crippen LogP contribution in [0.4, 0.5) is 0 Å². The molecule has 1 heterocycles. The molecule has 0 amide bonds. The number of aromatic nitrogens is 2. The number of hydrogen-bond donors (Lipinski definition) is 1. The Balaban J connectivity index is 1.41. The van der Waals surface area contributed by atoms with Gasteiger partial charge in [0.15, 0.2) is 0 Å². The predicted octanol–water partition coefficient (Wildman–Crippen LogP) is 2.19. The van der Waals surface area contributed by atoms with Gasteiger partial charge in [0.05, 0.1) is 11.9 Å². The molecule has 0 unspecified atom stereocenters. The highest BCUT2D eigenvalue weighted by Gasteiger charge is 2.20. The fourth-order valence-corrected chi connectivity index (χ4v) is 1.90. The van der Waals surface area contributed by atoms with Gasteiger partial charge in [0.1, 0.15) is 19.0 Å². The van der Waals surface area contributed by atoms with Gasteiger partial charge in [-0.25, -0.2) is 4.98 Å². The summed E-state index contributed by atoms with van der Waals surface area (Å²) in [5.41, 5.74) is 0.906. The van der Waals surface area contributed by atoms with Gasteiger partial charge >= 0.3 is 0 Å². The van der Waals surface area contributed by atoms with Crippen molar-refractivity contribution >= 4 is 0 Å². The minimum Gasteiger partial charge on any atom is -0.490 e. The number of hydrogen-bond acceptors (Lipinski definition) is 5. The van der Waals surface area contributed by atoms with Gasteiger partial charge in [-0.15, -0.1) is 0 Å². The first-order valence-electron chi connectivity index (χ1n) is 7.25. The first-order valence-corrected chi connectivity index (χ1v) is 7.25. The predicted molar refractivity (Wildman–Crippen MR) is 79.3 cm³/mol. The van der Waals surface area contributed by atoms with E-state index in [4.69, 9.17) is 9.47 Å². The third kappa shape index (κ3) is 4.72. The first kappa shape index (κ1) is 13.8. The van der Waals surface area contributed by atoms with Crippen LogP contribution in [0.5, 0.6) is 11.6 Å². The van der Waals surface area contributed by atoms with Gasteiger partial charge in [0.25, 0.3) is 0 Å². The molecule has 3 rings (SSSR count). The quantitative estimate of drug-likeness (QED) is 0.753. The molecule has 0 atom stereocenters. The van der Waals surface area contributed by atoms with Crippen LogP contribution in [0.2, 0.25) is 0 Å². The van der Waals surface area contributed by atoms with Crippen molar-refractivity contribution < 1.29 is 9.47 Å². The van der Waals surface area contributed by atoms with Crippen molar-refractivity contribution in [3.8, 4) is 11.6 Å². The lowest BCUT2D eigenvalue weighted by molar-refractivity contribution is 0.211. The summed E-state index contributed by atoms with van der Waals surface area (Å²) in [5.74, 6) is 1.39. The van der Waals surface area contributed by atoms with E-state index in [9.17, 15) is 0 Å². The maximum absolute atomic E-state index is 5.56. The molecule has 2 aromatic rings. The normalized spacial score (nSPS) is 13.9. The lowest BCUT2D eigenvalue weighted by Crippen LogP contribution is -2.17. The molecule has 0 aliphatic heterocycles. The van der Waals surface area contributed by atoms with Crippen molar-refractivity contribution in [2.45, 2.75) is 25.4 Å². The van der Waals surface area contributed by atoms with Crippen molar-refractivity contribution in [3.63, 3.8) is 0 Å². The molecule has 1 saturated carbocycles. The second kappa shape index (κ2) is 7.04. The van der Waals surface area contributed by atoms with Crippen LogP contribution in [0.1, 0.15) is 18.5 Å². The smallest absolute Gasteiger partial charge is 0.232 e. The molecule has 1 fully saturated rings. The number of para-hydroxylation sites is 1. The van der Waals surface area contributed by atoms with E-state index < -0.39 is 0 Å². The number of rotatable bonds is 8. The molecule has 5 heteroatoms. The Hall–Kier alpha value is -2.14. The molecular formula is C16H19N3O2. The molecule has 1 N–H and O–H groups in total. The Bertz CT molecular complexity index is 558. The summed E-state index contributed by atoms with van der Waals surface area (Å²) in [4.78, 5) is 8.57. The first-order chi connectivity index (χ1) is 10.4. The second-order valence-electron chi connectivity index (χ2n) is 5.01. The summed E-state index contributed by atoms with van der Waals surface area (Å²) in [5, 5.41) is 3.41. The summed E-state index contributed by atoms with van der Waals surface area (Å²) in [7, 11) is 0. The third-order valence-electron chi connectivity index (χ3n) is 3.16. The van der Waals surface area contributed by atoms with Crippen LogP contribution in [0, 0.1) is 0 Å². The number of nitrogens with zero attached hydrogens (tertiary/aromatic N) is 2. The molecular weight excluding hydrogens is 266 g/mol. The van der Waals surface area contributed by atoms with E-state index in [1.54, 1.807) is 12.4 Å². The molecule has 0 radical (unpaired) electrons. The van der Waals surface area contributed by atoms with Gasteiger partial charge in [-0.05, 0) is 25.0 Å². The Kier molecular flexibility index (Phi) is 4.63. The van der Waals surface area contributed by atoms with E-state index in [-0.39, 0.29) is 0 Å². The molecule has 1 aromatic heterocycles. The topological polar surface area (TPSA) is 56.3 Å². The van der Waals surface area contributed by atoms with Crippen molar-refractivity contribution in [1.29, 1.82) is 0 Å². The van der Waals surface area contributed by atoms with Crippen molar-refractivity contribution in [3.05, 3.63) is 48.4 Å². The van der Waals surface area contributed by atoms with E-state index in [1.165, 1.54) is 12.8 Å². The van der Waals surface area contributed by atoms with Gasteiger partial charge in [-0.2, -0.15) is 0 Å².